The highest BCUT2D eigenvalue weighted by atomic mass is 16.5. The number of fused-ring (bicyclic) bond motifs is 4. The van der Waals surface area contributed by atoms with E-state index in [0.717, 1.165) is 67.0 Å². The van der Waals surface area contributed by atoms with Gasteiger partial charge in [-0.3, -0.25) is 19.1 Å². The third-order valence-corrected chi connectivity index (χ3v) is 12.5. The number of ketones is 1. The Morgan fingerprint density at radius 3 is 2.16 bits per heavy atom. The number of nitrogens with zero attached hydrogens (tertiary/aromatic N) is 10. The number of imidazole rings is 1. The third kappa shape index (κ3) is 10.2. The number of benzene rings is 2. The summed E-state index contributed by atoms with van der Waals surface area (Å²) in [6, 6.07) is 10.6. The lowest BCUT2D eigenvalue weighted by Gasteiger charge is -2.32. The van der Waals surface area contributed by atoms with Gasteiger partial charge in [0.1, 0.15) is 34.2 Å². The molecule has 6 heterocycles. The zero-order chi connectivity index (χ0) is 48.1. The number of rotatable bonds is 22. The van der Waals surface area contributed by atoms with Crippen LogP contribution in [0.4, 0.5) is 0 Å². The quantitative estimate of drug-likeness (QED) is 0.0486. The lowest BCUT2D eigenvalue weighted by Crippen LogP contribution is -2.44. The molecule has 4 N–H and O–H groups in total. The van der Waals surface area contributed by atoms with Crippen molar-refractivity contribution in [2.75, 3.05) is 66.7 Å². The fraction of sp³-hybridized carbons (Fsp3) is 0.420. The Morgan fingerprint density at radius 2 is 1.47 bits per heavy atom. The van der Waals surface area contributed by atoms with Gasteiger partial charge in [0.05, 0.1) is 42.1 Å². The average Bonchev–Trinajstić information content (AvgIpc) is 4.09. The van der Waals surface area contributed by atoms with Gasteiger partial charge in [-0.2, -0.15) is 5.10 Å². The molecule has 1 aliphatic heterocycles. The van der Waals surface area contributed by atoms with Crippen molar-refractivity contribution in [2.24, 2.45) is 11.5 Å². The number of hydrogen-bond donors (Lipinski definition) is 2. The fourth-order valence-electron chi connectivity index (χ4n) is 9.02. The van der Waals surface area contributed by atoms with E-state index in [1.165, 1.54) is 0 Å². The standard InChI is InChI=1S/C50H62N12O6/c1-7-59-31-32(3)23-39(59)41(63)29-44-54-38-26-35(48(52)65)28-43(67-21-11-13-58-18-16-57(5)17-19-58)46(38)60(44)14-9-10-15-61-45-36(25-34(47(51)64)27-42(45)68-22-12-20-66-6)37-30-53-49(55-50(37)61)40-24-33(4)56-62(40)8-2/h9-10,23-28,30-31H,7-8,11-22,29H2,1-6H3,(H2,51,64)(H2,52,65)/b10-9+. The van der Waals surface area contributed by atoms with Crippen LogP contribution in [0.25, 0.3) is 44.5 Å². The molecule has 7 aromatic rings. The zero-order valence-electron chi connectivity index (χ0n) is 40.0. The Labute approximate surface area is 395 Å². The highest BCUT2D eigenvalue weighted by Crippen LogP contribution is 2.37. The molecular formula is C50H62N12O6. The van der Waals surface area contributed by atoms with Gasteiger partial charge in [-0.25, -0.2) is 15.0 Å². The van der Waals surface area contributed by atoms with Crippen molar-refractivity contribution in [3.8, 4) is 23.0 Å². The number of carbonyl (C=O) groups is 3. The van der Waals surface area contributed by atoms with E-state index in [-0.39, 0.29) is 17.8 Å². The van der Waals surface area contributed by atoms with E-state index >= 15 is 0 Å². The topological polar surface area (TPSA) is 209 Å². The van der Waals surface area contributed by atoms with Gasteiger partial charge in [0.15, 0.2) is 11.6 Å². The van der Waals surface area contributed by atoms with Crippen LogP contribution in [0.1, 0.15) is 75.0 Å². The minimum Gasteiger partial charge on any atom is -0.491 e. The molecule has 1 fully saturated rings. The molecule has 8 rings (SSSR count). The highest BCUT2D eigenvalue weighted by molar-refractivity contribution is 6.12. The van der Waals surface area contributed by atoms with E-state index in [0.29, 0.717) is 109 Å². The van der Waals surface area contributed by atoms with Crippen LogP contribution in [0.3, 0.4) is 0 Å². The van der Waals surface area contributed by atoms with Crippen molar-refractivity contribution in [1.29, 1.82) is 0 Å². The molecule has 68 heavy (non-hydrogen) atoms. The van der Waals surface area contributed by atoms with Gasteiger partial charge in [-0.1, -0.05) is 12.2 Å². The lowest BCUT2D eigenvalue weighted by atomic mass is 10.1. The van der Waals surface area contributed by atoms with Crippen LogP contribution in [0.5, 0.6) is 11.5 Å². The summed E-state index contributed by atoms with van der Waals surface area (Å²) in [5.41, 5.74) is 18.0. The summed E-state index contributed by atoms with van der Waals surface area (Å²) in [7, 11) is 3.78. The van der Waals surface area contributed by atoms with Crippen LogP contribution < -0.4 is 20.9 Å². The maximum Gasteiger partial charge on any atom is 0.248 e. The monoisotopic (exact) mass is 926 g/mol. The molecule has 18 nitrogen and oxygen atoms in total. The number of allylic oxidation sites excluding steroid dienone is 2. The molecule has 18 heteroatoms. The SMILES string of the molecule is CCn1cc(C)cc1C(=O)Cc1nc2cc(C(N)=O)cc(OCCCN3CCN(C)CC3)c2n1C/C=C/Cn1c2nc(-c3cc(C)nn3CC)ncc2c2cc(C(N)=O)cc(OCCCOC)c21. The van der Waals surface area contributed by atoms with E-state index in [1.54, 1.807) is 37.6 Å². The molecule has 358 valence electrons. The van der Waals surface area contributed by atoms with Gasteiger partial charge in [0, 0.05) is 113 Å². The van der Waals surface area contributed by atoms with Crippen LogP contribution >= 0.6 is 0 Å². The summed E-state index contributed by atoms with van der Waals surface area (Å²) >= 11 is 0. The first kappa shape index (κ1) is 47.6. The number of Topliss-reactive ketones (excluding diaryl/α,β-unsaturated/α-hetero) is 1. The van der Waals surface area contributed by atoms with E-state index in [4.69, 9.17) is 40.6 Å². The molecule has 0 aliphatic carbocycles. The summed E-state index contributed by atoms with van der Waals surface area (Å²) in [6.07, 6.45) is 9.19. The largest absolute Gasteiger partial charge is 0.491 e. The molecule has 0 spiro atoms. The normalized spacial score (nSPS) is 13.7. The molecule has 2 amide bonds. The minimum absolute atomic E-state index is 0.00702. The molecule has 0 saturated carbocycles. The molecule has 1 saturated heterocycles. The van der Waals surface area contributed by atoms with Crippen LogP contribution in [-0.4, -0.2) is 133 Å². The number of methoxy groups -OCH3 is 1. The van der Waals surface area contributed by atoms with Crippen molar-refractivity contribution in [1.82, 2.24) is 48.2 Å². The minimum atomic E-state index is -0.602. The zero-order valence-corrected chi connectivity index (χ0v) is 40.0. The smallest absolute Gasteiger partial charge is 0.248 e. The number of primary amides is 2. The summed E-state index contributed by atoms with van der Waals surface area (Å²) in [4.78, 5) is 59.2. The highest BCUT2D eigenvalue weighted by Gasteiger charge is 2.24. The maximum absolute atomic E-state index is 14.1. The van der Waals surface area contributed by atoms with Crippen molar-refractivity contribution >= 4 is 50.6 Å². The number of aromatic nitrogens is 8. The number of hydrogen-bond acceptors (Lipinski definition) is 12. The second kappa shape index (κ2) is 21.0. The van der Waals surface area contributed by atoms with Crippen molar-refractivity contribution in [3.05, 3.63) is 94.8 Å². The van der Waals surface area contributed by atoms with Gasteiger partial charge in [0.2, 0.25) is 11.8 Å². The van der Waals surface area contributed by atoms with Crippen LogP contribution in [0.2, 0.25) is 0 Å². The number of carbonyl (C=O) groups excluding carboxylic acids is 3. The number of nitrogens with two attached hydrogens (primary N) is 2. The molecule has 5 aromatic heterocycles. The first-order valence-corrected chi connectivity index (χ1v) is 23.4. The van der Waals surface area contributed by atoms with Gasteiger partial charge in [-0.05, 0) is 83.1 Å². The number of aryl methyl sites for hydroxylation is 4. The third-order valence-electron chi connectivity index (χ3n) is 12.5. The lowest BCUT2D eigenvalue weighted by molar-refractivity contribution is 0.0977. The molecular weight excluding hydrogens is 865 g/mol. The Bertz CT molecular complexity index is 3010. The summed E-state index contributed by atoms with van der Waals surface area (Å²) in [5.74, 6) is 0.687. The molecule has 2 aromatic carbocycles. The second-order valence-corrected chi connectivity index (χ2v) is 17.4. The first-order chi connectivity index (χ1) is 32.9. The van der Waals surface area contributed by atoms with Crippen molar-refractivity contribution < 1.29 is 28.6 Å². The van der Waals surface area contributed by atoms with Crippen LogP contribution in [0, 0.1) is 13.8 Å². The predicted molar refractivity (Wildman–Crippen MR) is 261 cm³/mol. The Balaban J connectivity index is 1.20. The molecule has 0 atom stereocenters. The number of amides is 2. The Morgan fingerprint density at radius 1 is 0.779 bits per heavy atom. The Hall–Kier alpha value is -6.89. The number of piperazine rings is 1. The Kier molecular flexibility index (Phi) is 14.7. The average molecular weight is 927 g/mol. The summed E-state index contributed by atoms with van der Waals surface area (Å²) in [6.45, 7) is 16.0. The van der Waals surface area contributed by atoms with Crippen LogP contribution in [0.15, 0.2) is 60.9 Å². The predicted octanol–water partition coefficient (Wildman–Crippen LogP) is 5.57. The van der Waals surface area contributed by atoms with Crippen molar-refractivity contribution in [3.63, 3.8) is 0 Å². The number of likely N-dealkylation sites (N-methyl/N-ethyl adjacent to an activating group) is 1. The summed E-state index contributed by atoms with van der Waals surface area (Å²) in [5, 5.41) is 6.07. The fourth-order valence-corrected chi connectivity index (χ4v) is 9.02. The second-order valence-electron chi connectivity index (χ2n) is 17.4. The van der Waals surface area contributed by atoms with Gasteiger partial charge < -0.3 is 49.2 Å². The van der Waals surface area contributed by atoms with E-state index in [2.05, 4.69) is 21.9 Å². The molecule has 0 radical (unpaired) electrons. The van der Waals surface area contributed by atoms with Gasteiger partial charge in [-0.15, -0.1) is 0 Å². The van der Waals surface area contributed by atoms with Crippen LogP contribution in [-0.2, 0) is 37.3 Å². The van der Waals surface area contributed by atoms with Crippen molar-refractivity contribution in [2.45, 2.75) is 73.1 Å². The molecule has 0 unspecified atom stereocenters. The van der Waals surface area contributed by atoms with E-state index in [1.807, 2.05) is 76.6 Å². The van der Waals surface area contributed by atoms with E-state index < -0.39 is 11.8 Å². The van der Waals surface area contributed by atoms with Gasteiger partial charge >= 0.3 is 0 Å². The maximum atomic E-state index is 14.1. The first-order valence-electron chi connectivity index (χ1n) is 23.4. The summed E-state index contributed by atoms with van der Waals surface area (Å²) < 4.78 is 26.0. The van der Waals surface area contributed by atoms with Gasteiger partial charge in [0.25, 0.3) is 0 Å². The molecule has 0 bridgehead atoms. The van der Waals surface area contributed by atoms with E-state index in [9.17, 15) is 14.4 Å². The number of ether oxygens (including phenoxy) is 3. The molecule has 1 aliphatic rings.